The van der Waals surface area contributed by atoms with Gasteiger partial charge in [-0.05, 0) is 42.8 Å². The molecular weight excluding hydrogens is 359 g/mol. The molecule has 2 atom stereocenters. The van der Waals surface area contributed by atoms with Gasteiger partial charge in [-0.3, -0.25) is 4.79 Å². The van der Waals surface area contributed by atoms with Crippen molar-refractivity contribution in [2.75, 3.05) is 20.7 Å². The number of benzene rings is 2. The van der Waals surface area contributed by atoms with Crippen LogP contribution in [0.15, 0.2) is 42.5 Å². The number of carbonyl (C=O) groups is 1. The van der Waals surface area contributed by atoms with Gasteiger partial charge in [-0.2, -0.15) is 0 Å². The Morgan fingerprint density at radius 1 is 1.20 bits per heavy atom. The first-order chi connectivity index (χ1) is 11.9. The zero-order valence-corrected chi connectivity index (χ0v) is 16.1. The molecular formula is C19H23Cl2N2O2+. The van der Waals surface area contributed by atoms with Crippen molar-refractivity contribution in [3.05, 3.63) is 63.6 Å². The first-order valence-corrected chi connectivity index (χ1v) is 8.83. The zero-order chi connectivity index (χ0) is 18.4. The number of nitrogens with one attached hydrogen (secondary N) is 2. The number of halogens is 2. The standard InChI is InChI=1S/C19H22Cl2N2O2/c1-13(14-5-4-6-16(20)9-14)22-19(24)12-23(2)11-15-10-17(21)7-8-18(15)25-3/h4-10,13H,11-12H2,1-3H3,(H,22,24)/p+1/t13-/m1/s1. The van der Waals surface area contributed by atoms with Gasteiger partial charge in [-0.15, -0.1) is 0 Å². The van der Waals surface area contributed by atoms with Crippen LogP contribution in [0.4, 0.5) is 0 Å². The number of hydrogen-bond acceptors (Lipinski definition) is 2. The van der Waals surface area contributed by atoms with Crippen LogP contribution in [0.2, 0.25) is 10.0 Å². The Morgan fingerprint density at radius 3 is 2.60 bits per heavy atom. The van der Waals surface area contributed by atoms with E-state index in [1.165, 1.54) is 0 Å². The molecule has 0 saturated heterocycles. The first-order valence-electron chi connectivity index (χ1n) is 8.07. The molecule has 0 aliphatic carbocycles. The molecule has 0 spiro atoms. The topological polar surface area (TPSA) is 42.8 Å². The second-order valence-corrected chi connectivity index (χ2v) is 6.98. The molecule has 2 rings (SSSR count). The quantitative estimate of drug-likeness (QED) is 0.774. The highest BCUT2D eigenvalue weighted by Crippen LogP contribution is 2.21. The fraction of sp³-hybridized carbons (Fsp3) is 0.316. The van der Waals surface area contributed by atoms with E-state index in [1.54, 1.807) is 13.2 Å². The van der Waals surface area contributed by atoms with Crippen LogP contribution in [0.25, 0.3) is 0 Å². The van der Waals surface area contributed by atoms with Crippen LogP contribution in [0.3, 0.4) is 0 Å². The zero-order valence-electron chi connectivity index (χ0n) is 14.6. The molecule has 0 aromatic heterocycles. The van der Waals surface area contributed by atoms with Crippen molar-refractivity contribution in [3.8, 4) is 5.75 Å². The molecule has 0 fully saturated rings. The van der Waals surface area contributed by atoms with Gasteiger partial charge in [-0.1, -0.05) is 35.3 Å². The molecule has 6 heteroatoms. The Morgan fingerprint density at radius 2 is 1.92 bits per heavy atom. The lowest BCUT2D eigenvalue weighted by atomic mass is 10.1. The highest BCUT2D eigenvalue weighted by atomic mass is 35.5. The first kappa shape index (κ1) is 19.6. The van der Waals surface area contributed by atoms with E-state index in [0.717, 1.165) is 21.8 Å². The summed E-state index contributed by atoms with van der Waals surface area (Å²) < 4.78 is 5.35. The number of rotatable bonds is 7. The van der Waals surface area contributed by atoms with Gasteiger partial charge >= 0.3 is 0 Å². The third-order valence-electron chi connectivity index (χ3n) is 3.92. The fourth-order valence-corrected chi connectivity index (χ4v) is 3.09. The minimum Gasteiger partial charge on any atom is -0.496 e. The van der Waals surface area contributed by atoms with E-state index in [1.807, 2.05) is 50.4 Å². The van der Waals surface area contributed by atoms with Gasteiger partial charge in [0.2, 0.25) is 0 Å². The fourth-order valence-electron chi connectivity index (χ4n) is 2.70. The van der Waals surface area contributed by atoms with Crippen molar-refractivity contribution >= 4 is 29.1 Å². The number of methoxy groups -OCH3 is 1. The Balaban J connectivity index is 1.93. The number of ether oxygens (including phenoxy) is 1. The Kier molecular flexibility index (Phi) is 7.12. The monoisotopic (exact) mass is 381 g/mol. The van der Waals surface area contributed by atoms with E-state index in [4.69, 9.17) is 27.9 Å². The van der Waals surface area contributed by atoms with E-state index >= 15 is 0 Å². The van der Waals surface area contributed by atoms with Crippen LogP contribution in [0, 0.1) is 0 Å². The largest absolute Gasteiger partial charge is 0.496 e. The van der Waals surface area contributed by atoms with Crippen LogP contribution < -0.4 is 15.0 Å². The van der Waals surface area contributed by atoms with Gasteiger partial charge < -0.3 is 15.0 Å². The molecule has 134 valence electrons. The van der Waals surface area contributed by atoms with Gasteiger partial charge in [0, 0.05) is 15.6 Å². The maximum Gasteiger partial charge on any atom is 0.275 e. The van der Waals surface area contributed by atoms with Crippen LogP contribution in [-0.2, 0) is 11.3 Å². The number of carbonyl (C=O) groups excluding carboxylic acids is 1. The van der Waals surface area contributed by atoms with Crippen LogP contribution in [-0.4, -0.2) is 26.6 Å². The average molecular weight is 382 g/mol. The van der Waals surface area contributed by atoms with Crippen molar-refractivity contribution < 1.29 is 14.4 Å². The summed E-state index contributed by atoms with van der Waals surface area (Å²) in [5.74, 6) is 0.752. The summed E-state index contributed by atoms with van der Waals surface area (Å²) in [4.78, 5) is 13.3. The molecule has 0 radical (unpaired) electrons. The molecule has 2 N–H and O–H groups in total. The van der Waals surface area contributed by atoms with E-state index in [2.05, 4.69) is 5.32 Å². The third kappa shape index (κ3) is 5.92. The van der Waals surface area contributed by atoms with Crippen LogP contribution in [0.5, 0.6) is 5.75 Å². The van der Waals surface area contributed by atoms with E-state index in [-0.39, 0.29) is 11.9 Å². The molecule has 1 amide bonds. The summed E-state index contributed by atoms with van der Waals surface area (Å²) in [6.45, 7) is 2.93. The summed E-state index contributed by atoms with van der Waals surface area (Å²) in [5.41, 5.74) is 1.96. The minimum absolute atomic E-state index is 0.0222. The minimum atomic E-state index is -0.0975. The molecule has 0 aliphatic rings. The molecule has 0 bridgehead atoms. The highest BCUT2D eigenvalue weighted by molar-refractivity contribution is 6.30. The normalized spacial score (nSPS) is 13.2. The second kappa shape index (κ2) is 9.09. The number of hydrogen-bond donors (Lipinski definition) is 2. The number of amides is 1. The lowest BCUT2D eigenvalue weighted by molar-refractivity contribution is -0.885. The van der Waals surface area contributed by atoms with Crippen molar-refractivity contribution in [3.63, 3.8) is 0 Å². The maximum atomic E-state index is 12.3. The van der Waals surface area contributed by atoms with Gasteiger partial charge in [0.25, 0.3) is 5.91 Å². The van der Waals surface area contributed by atoms with Gasteiger partial charge in [0.15, 0.2) is 6.54 Å². The third-order valence-corrected chi connectivity index (χ3v) is 4.39. The Labute approximate surface area is 158 Å². The predicted molar refractivity (Wildman–Crippen MR) is 101 cm³/mol. The summed E-state index contributed by atoms with van der Waals surface area (Å²) in [6.07, 6.45) is 0. The number of quaternary nitrogens is 1. The van der Waals surface area contributed by atoms with Crippen molar-refractivity contribution in [2.45, 2.75) is 19.5 Å². The molecule has 2 aromatic carbocycles. The maximum absolute atomic E-state index is 12.3. The van der Waals surface area contributed by atoms with E-state index in [9.17, 15) is 4.79 Å². The average Bonchev–Trinajstić information content (AvgIpc) is 2.54. The summed E-state index contributed by atoms with van der Waals surface area (Å²) in [7, 11) is 3.59. The van der Waals surface area contributed by atoms with Crippen molar-refractivity contribution in [1.82, 2.24) is 5.32 Å². The second-order valence-electron chi connectivity index (χ2n) is 6.11. The van der Waals surface area contributed by atoms with Crippen LogP contribution in [0.1, 0.15) is 24.1 Å². The highest BCUT2D eigenvalue weighted by Gasteiger charge is 2.16. The molecule has 1 unspecified atom stereocenters. The summed E-state index contributed by atoms with van der Waals surface area (Å²) in [5, 5.41) is 4.32. The summed E-state index contributed by atoms with van der Waals surface area (Å²) in [6, 6.07) is 12.9. The van der Waals surface area contributed by atoms with E-state index in [0.29, 0.717) is 23.1 Å². The predicted octanol–water partition coefficient (Wildman–Crippen LogP) is 2.89. The van der Waals surface area contributed by atoms with E-state index < -0.39 is 0 Å². The Bertz CT molecular complexity index is 737. The molecule has 0 saturated carbocycles. The molecule has 25 heavy (non-hydrogen) atoms. The van der Waals surface area contributed by atoms with Gasteiger partial charge in [0.1, 0.15) is 12.3 Å². The van der Waals surface area contributed by atoms with Gasteiger partial charge in [0.05, 0.1) is 20.2 Å². The van der Waals surface area contributed by atoms with Crippen molar-refractivity contribution in [2.24, 2.45) is 0 Å². The van der Waals surface area contributed by atoms with Crippen LogP contribution >= 0.6 is 23.2 Å². The molecule has 4 nitrogen and oxygen atoms in total. The van der Waals surface area contributed by atoms with Crippen molar-refractivity contribution in [1.29, 1.82) is 0 Å². The molecule has 0 aliphatic heterocycles. The van der Waals surface area contributed by atoms with Gasteiger partial charge in [-0.25, -0.2) is 0 Å². The Hall–Kier alpha value is -1.75. The lowest BCUT2D eigenvalue weighted by Crippen LogP contribution is -3.08. The molecule has 2 aromatic rings. The lowest BCUT2D eigenvalue weighted by Gasteiger charge is -2.18. The molecule has 0 heterocycles. The SMILES string of the molecule is COc1ccc(Cl)cc1C[NH+](C)CC(=O)N[C@H](C)c1cccc(Cl)c1. The number of likely N-dealkylation sites (N-methyl/N-ethyl adjacent to an activating group) is 1. The smallest absolute Gasteiger partial charge is 0.275 e. The summed E-state index contributed by atoms with van der Waals surface area (Å²) >= 11 is 12.1.